The van der Waals surface area contributed by atoms with Crippen LogP contribution >= 0.6 is 0 Å². The van der Waals surface area contributed by atoms with Crippen molar-refractivity contribution in [3.05, 3.63) is 0 Å². The van der Waals surface area contributed by atoms with Gasteiger partial charge in [-0.25, -0.2) is 0 Å². The van der Waals surface area contributed by atoms with Crippen molar-refractivity contribution in [2.24, 2.45) is 11.7 Å². The lowest BCUT2D eigenvalue weighted by atomic mass is 10.0. The predicted octanol–water partition coefficient (Wildman–Crippen LogP) is 1.70. The summed E-state index contributed by atoms with van der Waals surface area (Å²) in [5.41, 5.74) is 5.87. The molecule has 0 radical (unpaired) electrons. The van der Waals surface area contributed by atoms with Gasteiger partial charge < -0.3 is 5.73 Å². The van der Waals surface area contributed by atoms with E-state index in [1.165, 1.54) is 0 Å². The lowest BCUT2D eigenvalue weighted by Gasteiger charge is -2.38. The Balaban J connectivity index is 4.13. The van der Waals surface area contributed by atoms with Crippen LogP contribution in [-0.2, 0) is 0 Å². The summed E-state index contributed by atoms with van der Waals surface area (Å²) in [7, 11) is 0. The fraction of sp³-hybridized carbons (Fsp3) is 1.00. The number of rotatable bonds is 5. The molecule has 0 aromatic heterocycles. The van der Waals surface area contributed by atoms with E-state index in [9.17, 15) is 0 Å². The fourth-order valence-corrected chi connectivity index (χ4v) is 1.37. The first-order valence-corrected chi connectivity index (χ1v) is 4.89. The summed E-state index contributed by atoms with van der Waals surface area (Å²) in [5.74, 6) is 0.718. The largest absolute Gasteiger partial charge is 0.329 e. The van der Waals surface area contributed by atoms with Gasteiger partial charge in [0.25, 0.3) is 0 Å². The molecule has 0 bridgehead atoms. The highest BCUT2D eigenvalue weighted by atomic mass is 15.2. The van der Waals surface area contributed by atoms with Gasteiger partial charge in [-0.05, 0) is 26.3 Å². The molecule has 12 heavy (non-hydrogen) atoms. The van der Waals surface area contributed by atoms with E-state index in [0.717, 1.165) is 25.6 Å². The van der Waals surface area contributed by atoms with Gasteiger partial charge in [0.1, 0.15) is 0 Å². The first-order valence-electron chi connectivity index (χ1n) is 4.89. The van der Waals surface area contributed by atoms with Crippen LogP contribution in [0.3, 0.4) is 0 Å². The second-order valence-electron chi connectivity index (χ2n) is 4.45. The van der Waals surface area contributed by atoms with Crippen molar-refractivity contribution < 1.29 is 0 Å². The third kappa shape index (κ3) is 3.55. The van der Waals surface area contributed by atoms with E-state index in [0.29, 0.717) is 0 Å². The molecule has 0 aliphatic rings. The molecule has 2 N–H and O–H groups in total. The molecule has 0 aromatic carbocycles. The first kappa shape index (κ1) is 11.9. The number of nitrogens with zero attached hydrogens (tertiary/aromatic N) is 1. The maximum absolute atomic E-state index is 5.72. The lowest BCUT2D eigenvalue weighted by Crippen LogP contribution is -2.50. The Morgan fingerprint density at radius 3 is 2.08 bits per heavy atom. The summed E-state index contributed by atoms with van der Waals surface area (Å²) in [6.45, 7) is 14.1. The van der Waals surface area contributed by atoms with Gasteiger partial charge in [0, 0.05) is 18.6 Å². The normalized spacial score (nSPS) is 13.0. The summed E-state index contributed by atoms with van der Waals surface area (Å²) in [4.78, 5) is 2.44. The zero-order valence-corrected chi connectivity index (χ0v) is 9.22. The molecular formula is C10H24N2. The molecule has 0 spiro atoms. The minimum Gasteiger partial charge on any atom is -0.329 e. The number of hydrogen-bond acceptors (Lipinski definition) is 2. The van der Waals surface area contributed by atoms with Crippen LogP contribution in [0.2, 0.25) is 0 Å². The van der Waals surface area contributed by atoms with Crippen molar-refractivity contribution in [3.8, 4) is 0 Å². The van der Waals surface area contributed by atoms with Crippen LogP contribution in [0.1, 0.15) is 34.6 Å². The third-order valence-corrected chi connectivity index (χ3v) is 2.32. The number of hydrogen-bond donors (Lipinski definition) is 1. The summed E-state index contributed by atoms with van der Waals surface area (Å²) >= 11 is 0. The monoisotopic (exact) mass is 172 g/mol. The maximum Gasteiger partial charge on any atom is 0.0275 e. The molecule has 0 heterocycles. The average Bonchev–Trinajstić information content (AvgIpc) is 1.99. The molecule has 74 valence electrons. The predicted molar refractivity (Wildman–Crippen MR) is 55.2 cm³/mol. The zero-order valence-electron chi connectivity index (χ0n) is 9.22. The second kappa shape index (κ2) is 4.83. The van der Waals surface area contributed by atoms with Crippen LogP contribution in [0.25, 0.3) is 0 Å². The number of likely N-dealkylation sites (N-methyl/N-ethyl adjacent to an activating group) is 1. The molecule has 2 heteroatoms. The van der Waals surface area contributed by atoms with Crippen LogP contribution in [0.15, 0.2) is 0 Å². The van der Waals surface area contributed by atoms with Gasteiger partial charge in [0.05, 0.1) is 0 Å². The number of nitrogens with two attached hydrogens (primary N) is 1. The molecular weight excluding hydrogens is 148 g/mol. The smallest absolute Gasteiger partial charge is 0.0275 e. The topological polar surface area (TPSA) is 29.3 Å². The van der Waals surface area contributed by atoms with Gasteiger partial charge in [-0.15, -0.1) is 0 Å². The summed E-state index contributed by atoms with van der Waals surface area (Å²) in [6, 6.07) is 0. The van der Waals surface area contributed by atoms with Crippen LogP contribution in [-0.4, -0.2) is 30.1 Å². The van der Waals surface area contributed by atoms with Crippen molar-refractivity contribution in [3.63, 3.8) is 0 Å². The Hall–Kier alpha value is -0.0800. The minimum absolute atomic E-state index is 0.152. The van der Waals surface area contributed by atoms with E-state index in [1.54, 1.807) is 0 Å². The van der Waals surface area contributed by atoms with E-state index in [2.05, 4.69) is 39.5 Å². The van der Waals surface area contributed by atoms with E-state index in [-0.39, 0.29) is 5.54 Å². The highest BCUT2D eigenvalue weighted by Gasteiger charge is 2.23. The van der Waals surface area contributed by atoms with E-state index in [4.69, 9.17) is 5.73 Å². The molecule has 0 unspecified atom stereocenters. The second-order valence-corrected chi connectivity index (χ2v) is 4.45. The van der Waals surface area contributed by atoms with E-state index in [1.807, 2.05) is 0 Å². The van der Waals surface area contributed by atoms with Crippen LogP contribution in [0.5, 0.6) is 0 Å². The summed E-state index contributed by atoms with van der Waals surface area (Å²) in [6.07, 6.45) is 0. The molecule has 0 atom stereocenters. The summed E-state index contributed by atoms with van der Waals surface area (Å²) in [5, 5.41) is 0. The molecule has 0 saturated heterocycles. The average molecular weight is 172 g/mol. The van der Waals surface area contributed by atoms with Crippen molar-refractivity contribution in [1.82, 2.24) is 4.90 Å². The van der Waals surface area contributed by atoms with Gasteiger partial charge in [0.2, 0.25) is 0 Å². The third-order valence-electron chi connectivity index (χ3n) is 2.32. The molecule has 0 aliphatic heterocycles. The summed E-state index contributed by atoms with van der Waals surface area (Å²) < 4.78 is 0. The van der Waals surface area contributed by atoms with Crippen LogP contribution in [0, 0.1) is 5.92 Å². The lowest BCUT2D eigenvalue weighted by molar-refractivity contribution is 0.118. The molecule has 2 nitrogen and oxygen atoms in total. The fourth-order valence-electron chi connectivity index (χ4n) is 1.37. The maximum atomic E-state index is 5.72. The van der Waals surface area contributed by atoms with Gasteiger partial charge in [-0.1, -0.05) is 20.8 Å². The van der Waals surface area contributed by atoms with Gasteiger partial charge in [0.15, 0.2) is 0 Å². The Bertz CT molecular complexity index is 119. The minimum atomic E-state index is 0.152. The van der Waals surface area contributed by atoms with Crippen molar-refractivity contribution in [2.45, 2.75) is 40.2 Å². The zero-order chi connectivity index (χ0) is 9.78. The Morgan fingerprint density at radius 2 is 1.83 bits per heavy atom. The van der Waals surface area contributed by atoms with Crippen molar-refractivity contribution in [2.75, 3.05) is 19.6 Å². The highest BCUT2D eigenvalue weighted by Crippen LogP contribution is 2.13. The van der Waals surface area contributed by atoms with Gasteiger partial charge in [-0.2, -0.15) is 0 Å². The molecule has 0 aliphatic carbocycles. The SMILES string of the molecule is CCN(CC(C)C)C(C)(C)CN. The Labute approximate surface area is 77.1 Å². The van der Waals surface area contributed by atoms with Gasteiger partial charge in [-0.3, -0.25) is 4.90 Å². The van der Waals surface area contributed by atoms with Gasteiger partial charge >= 0.3 is 0 Å². The van der Waals surface area contributed by atoms with E-state index < -0.39 is 0 Å². The van der Waals surface area contributed by atoms with Crippen LogP contribution < -0.4 is 5.73 Å². The Morgan fingerprint density at radius 1 is 1.33 bits per heavy atom. The first-order chi connectivity index (χ1) is 5.44. The molecule has 0 fully saturated rings. The van der Waals surface area contributed by atoms with E-state index >= 15 is 0 Å². The van der Waals surface area contributed by atoms with Crippen molar-refractivity contribution in [1.29, 1.82) is 0 Å². The molecule has 0 saturated carbocycles. The quantitative estimate of drug-likeness (QED) is 0.684. The molecule has 0 aromatic rings. The van der Waals surface area contributed by atoms with Crippen molar-refractivity contribution >= 4 is 0 Å². The molecule has 0 amide bonds. The Kier molecular flexibility index (Phi) is 4.80. The molecule has 0 rings (SSSR count). The standard InChI is InChI=1S/C10H24N2/c1-6-12(7-9(2)3)10(4,5)8-11/h9H,6-8,11H2,1-5H3. The van der Waals surface area contributed by atoms with Crippen LogP contribution in [0.4, 0.5) is 0 Å². The highest BCUT2D eigenvalue weighted by molar-refractivity contribution is 4.82.